The molecular weight excluding hydrogens is 208 g/mol. The van der Waals surface area contributed by atoms with Gasteiger partial charge in [0.25, 0.3) is 0 Å². The van der Waals surface area contributed by atoms with Crippen LogP contribution in [0.1, 0.15) is 20.8 Å². The Hall–Kier alpha value is -1.54. The standard InChI is InChI=1S/C11H18N2O3/c1-5-6-12-7-8(14)13-9(10(15)16)11(2,3)4/h1,9,12H,6-7H2,2-4H3,(H,13,14)(H,15,16)/t9-/m0/s1. The van der Waals surface area contributed by atoms with Gasteiger partial charge in [0.05, 0.1) is 13.1 Å². The first-order valence-corrected chi connectivity index (χ1v) is 4.95. The zero-order valence-corrected chi connectivity index (χ0v) is 9.83. The molecule has 0 aromatic rings. The first kappa shape index (κ1) is 14.5. The van der Waals surface area contributed by atoms with Crippen LogP contribution in [0.3, 0.4) is 0 Å². The summed E-state index contributed by atoms with van der Waals surface area (Å²) >= 11 is 0. The number of terminal acetylenes is 1. The molecule has 0 aliphatic rings. The number of carboxylic acid groups (broad SMARTS) is 1. The number of amides is 1. The molecular formula is C11H18N2O3. The minimum atomic E-state index is -1.04. The molecule has 0 spiro atoms. The van der Waals surface area contributed by atoms with Gasteiger partial charge in [0.1, 0.15) is 6.04 Å². The molecule has 0 rings (SSSR count). The Morgan fingerprint density at radius 1 is 1.44 bits per heavy atom. The van der Waals surface area contributed by atoms with Crippen molar-refractivity contribution >= 4 is 11.9 Å². The number of nitrogens with one attached hydrogen (secondary N) is 2. The summed E-state index contributed by atoms with van der Waals surface area (Å²) in [6.07, 6.45) is 5.00. The van der Waals surface area contributed by atoms with E-state index in [4.69, 9.17) is 11.5 Å². The fraction of sp³-hybridized carbons (Fsp3) is 0.636. The smallest absolute Gasteiger partial charge is 0.326 e. The van der Waals surface area contributed by atoms with Crippen molar-refractivity contribution in [2.45, 2.75) is 26.8 Å². The molecule has 16 heavy (non-hydrogen) atoms. The van der Waals surface area contributed by atoms with Gasteiger partial charge in [-0.05, 0) is 5.41 Å². The Morgan fingerprint density at radius 3 is 2.38 bits per heavy atom. The monoisotopic (exact) mass is 226 g/mol. The van der Waals surface area contributed by atoms with Crippen molar-refractivity contribution in [1.82, 2.24) is 10.6 Å². The van der Waals surface area contributed by atoms with Crippen LogP contribution in [0.25, 0.3) is 0 Å². The highest BCUT2D eigenvalue weighted by molar-refractivity contribution is 5.85. The lowest BCUT2D eigenvalue weighted by molar-refractivity contribution is -0.144. The van der Waals surface area contributed by atoms with Crippen LogP contribution < -0.4 is 10.6 Å². The molecule has 0 aliphatic heterocycles. The third-order valence-electron chi connectivity index (χ3n) is 1.93. The lowest BCUT2D eigenvalue weighted by Crippen LogP contribution is -2.51. The van der Waals surface area contributed by atoms with E-state index >= 15 is 0 Å². The van der Waals surface area contributed by atoms with Gasteiger partial charge >= 0.3 is 5.97 Å². The predicted molar refractivity (Wildman–Crippen MR) is 60.7 cm³/mol. The molecule has 1 amide bonds. The number of carbonyl (C=O) groups is 2. The third-order valence-corrected chi connectivity index (χ3v) is 1.93. The van der Waals surface area contributed by atoms with E-state index in [1.165, 1.54) is 0 Å². The topological polar surface area (TPSA) is 78.4 Å². The van der Waals surface area contributed by atoms with Crippen LogP contribution in [0.5, 0.6) is 0 Å². The Balaban J connectivity index is 4.27. The largest absolute Gasteiger partial charge is 0.480 e. The first-order chi connectivity index (χ1) is 7.29. The van der Waals surface area contributed by atoms with Gasteiger partial charge in [0.15, 0.2) is 0 Å². The van der Waals surface area contributed by atoms with Gasteiger partial charge in [-0.25, -0.2) is 4.79 Å². The summed E-state index contributed by atoms with van der Waals surface area (Å²) in [4.78, 5) is 22.3. The normalized spacial score (nSPS) is 12.6. The third kappa shape index (κ3) is 5.37. The van der Waals surface area contributed by atoms with E-state index in [2.05, 4.69) is 16.6 Å². The van der Waals surface area contributed by atoms with E-state index < -0.39 is 17.4 Å². The van der Waals surface area contributed by atoms with Gasteiger partial charge in [0.2, 0.25) is 5.91 Å². The van der Waals surface area contributed by atoms with Crippen LogP contribution in [0.2, 0.25) is 0 Å². The van der Waals surface area contributed by atoms with Gasteiger partial charge in [0, 0.05) is 0 Å². The number of hydrogen-bond acceptors (Lipinski definition) is 3. The number of hydrogen-bond donors (Lipinski definition) is 3. The number of carboxylic acids is 1. The molecule has 1 atom stereocenters. The maximum absolute atomic E-state index is 11.4. The van der Waals surface area contributed by atoms with Crippen LogP contribution in [-0.4, -0.2) is 36.1 Å². The summed E-state index contributed by atoms with van der Waals surface area (Å²) < 4.78 is 0. The van der Waals surface area contributed by atoms with Crippen molar-refractivity contribution in [3.8, 4) is 12.3 Å². The van der Waals surface area contributed by atoms with Gasteiger partial charge in [-0.15, -0.1) is 6.42 Å². The summed E-state index contributed by atoms with van der Waals surface area (Å²) in [5, 5.41) is 14.1. The fourth-order valence-corrected chi connectivity index (χ4v) is 1.11. The molecule has 3 N–H and O–H groups in total. The zero-order chi connectivity index (χ0) is 12.8. The molecule has 0 fully saturated rings. The van der Waals surface area contributed by atoms with Gasteiger partial charge in [-0.2, -0.15) is 0 Å². The van der Waals surface area contributed by atoms with E-state index in [-0.39, 0.29) is 19.0 Å². The SMILES string of the molecule is C#CCNCC(=O)N[C@@H](C(=O)O)C(C)(C)C. The second kappa shape index (κ2) is 6.13. The molecule has 0 bridgehead atoms. The molecule has 0 unspecified atom stereocenters. The summed E-state index contributed by atoms with van der Waals surface area (Å²) in [7, 11) is 0. The highest BCUT2D eigenvalue weighted by atomic mass is 16.4. The van der Waals surface area contributed by atoms with Crippen molar-refractivity contribution in [2.24, 2.45) is 5.41 Å². The molecule has 0 saturated heterocycles. The molecule has 0 aliphatic carbocycles. The minimum Gasteiger partial charge on any atom is -0.480 e. The number of aliphatic carboxylic acids is 1. The molecule has 0 aromatic heterocycles. The fourth-order valence-electron chi connectivity index (χ4n) is 1.11. The second-order valence-electron chi connectivity index (χ2n) is 4.51. The van der Waals surface area contributed by atoms with Gasteiger partial charge in [-0.1, -0.05) is 26.7 Å². The second-order valence-corrected chi connectivity index (χ2v) is 4.51. The van der Waals surface area contributed by atoms with Gasteiger partial charge in [-0.3, -0.25) is 10.1 Å². The zero-order valence-electron chi connectivity index (χ0n) is 9.83. The number of carbonyl (C=O) groups excluding carboxylic acids is 1. The number of rotatable bonds is 5. The maximum atomic E-state index is 11.4. The minimum absolute atomic E-state index is 0.0179. The maximum Gasteiger partial charge on any atom is 0.326 e. The van der Waals surface area contributed by atoms with Crippen LogP contribution in [0.15, 0.2) is 0 Å². The van der Waals surface area contributed by atoms with Crippen LogP contribution in [-0.2, 0) is 9.59 Å². The van der Waals surface area contributed by atoms with Crippen molar-refractivity contribution in [1.29, 1.82) is 0 Å². The van der Waals surface area contributed by atoms with Crippen LogP contribution in [0, 0.1) is 17.8 Å². The van der Waals surface area contributed by atoms with E-state index in [0.29, 0.717) is 0 Å². The van der Waals surface area contributed by atoms with Crippen LogP contribution in [0.4, 0.5) is 0 Å². The Bertz CT molecular complexity index is 299. The lowest BCUT2D eigenvalue weighted by Gasteiger charge is -2.27. The summed E-state index contributed by atoms with van der Waals surface area (Å²) in [6.45, 7) is 5.55. The van der Waals surface area contributed by atoms with Crippen molar-refractivity contribution < 1.29 is 14.7 Å². The average molecular weight is 226 g/mol. The van der Waals surface area contributed by atoms with Crippen molar-refractivity contribution in [3.63, 3.8) is 0 Å². The van der Waals surface area contributed by atoms with E-state index in [0.717, 1.165) is 0 Å². The molecule has 0 radical (unpaired) electrons. The van der Waals surface area contributed by atoms with Crippen molar-refractivity contribution in [3.05, 3.63) is 0 Å². The van der Waals surface area contributed by atoms with Gasteiger partial charge < -0.3 is 10.4 Å². The Labute approximate surface area is 95.6 Å². The Kier molecular flexibility index (Phi) is 5.54. The lowest BCUT2D eigenvalue weighted by atomic mass is 9.87. The van der Waals surface area contributed by atoms with E-state index in [1.807, 2.05) is 0 Å². The molecule has 5 heteroatoms. The predicted octanol–water partition coefficient (Wildman–Crippen LogP) is -0.175. The Morgan fingerprint density at radius 2 is 2.00 bits per heavy atom. The molecule has 0 aromatic carbocycles. The van der Waals surface area contributed by atoms with E-state index in [1.54, 1.807) is 20.8 Å². The summed E-state index contributed by atoms with van der Waals surface area (Å²) in [6, 6.07) is -0.910. The molecule has 0 heterocycles. The first-order valence-electron chi connectivity index (χ1n) is 4.95. The molecule has 5 nitrogen and oxygen atoms in total. The highest BCUT2D eigenvalue weighted by Crippen LogP contribution is 2.19. The van der Waals surface area contributed by atoms with Crippen molar-refractivity contribution in [2.75, 3.05) is 13.1 Å². The molecule has 0 saturated carbocycles. The summed E-state index contributed by atoms with van der Waals surface area (Å²) in [5.41, 5.74) is -0.534. The quantitative estimate of drug-likeness (QED) is 0.449. The van der Waals surface area contributed by atoms with Crippen LogP contribution >= 0.6 is 0 Å². The summed E-state index contributed by atoms with van der Waals surface area (Å²) in [5.74, 6) is 0.901. The highest BCUT2D eigenvalue weighted by Gasteiger charge is 2.32. The average Bonchev–Trinajstić information content (AvgIpc) is 2.12. The molecule has 90 valence electrons. The van der Waals surface area contributed by atoms with E-state index in [9.17, 15) is 9.59 Å².